The Balaban J connectivity index is 1.74. The number of amides is 1. The lowest BCUT2D eigenvalue weighted by Gasteiger charge is -2.16. The highest BCUT2D eigenvalue weighted by Crippen LogP contribution is 2.31. The molecule has 0 atom stereocenters. The minimum atomic E-state index is -3.83. The fourth-order valence-corrected chi connectivity index (χ4v) is 4.44. The van der Waals surface area contributed by atoms with Gasteiger partial charge in [0, 0.05) is 24.8 Å². The van der Waals surface area contributed by atoms with Crippen molar-refractivity contribution in [1.29, 1.82) is 0 Å². The summed E-state index contributed by atoms with van der Waals surface area (Å²) in [5.41, 5.74) is -0.357. The molecule has 1 saturated heterocycles. The zero-order valence-corrected chi connectivity index (χ0v) is 16.0. The van der Waals surface area contributed by atoms with Crippen LogP contribution in [0.25, 0.3) is 0 Å². The maximum atomic E-state index is 13.1. The van der Waals surface area contributed by atoms with E-state index in [4.69, 9.17) is 4.74 Å². The van der Waals surface area contributed by atoms with Gasteiger partial charge in [-0.1, -0.05) is 6.07 Å². The normalized spacial score (nSPS) is 14.5. The zero-order chi connectivity index (χ0) is 21.0. The topological polar surface area (TPSA) is 119 Å². The number of nitrogens with one attached hydrogen (secondary N) is 1. The molecule has 0 spiro atoms. The van der Waals surface area contributed by atoms with Crippen molar-refractivity contribution in [3.63, 3.8) is 0 Å². The standard InChI is InChI=1S/C18H18FN3O6S/c19-13-4-3-5-14(10-13)20-18(23)12-28-17-7-6-15(11-16(17)22(24)25)29(26,27)21-8-1-2-9-21/h3-7,10-11H,1-2,8-9,12H2,(H,20,23). The number of hydrogen-bond acceptors (Lipinski definition) is 6. The fourth-order valence-electron chi connectivity index (χ4n) is 2.91. The van der Waals surface area contributed by atoms with Gasteiger partial charge >= 0.3 is 5.69 Å². The lowest BCUT2D eigenvalue weighted by Crippen LogP contribution is -2.28. The van der Waals surface area contributed by atoms with Gasteiger partial charge in [-0.15, -0.1) is 0 Å². The second-order valence-electron chi connectivity index (χ2n) is 6.35. The summed E-state index contributed by atoms with van der Waals surface area (Å²) in [6.07, 6.45) is 1.48. The summed E-state index contributed by atoms with van der Waals surface area (Å²) < 4.78 is 44.8. The monoisotopic (exact) mass is 423 g/mol. The Kier molecular flexibility index (Phi) is 6.09. The summed E-state index contributed by atoms with van der Waals surface area (Å²) in [7, 11) is -3.83. The first-order valence-electron chi connectivity index (χ1n) is 8.74. The average molecular weight is 423 g/mol. The van der Waals surface area contributed by atoms with E-state index in [0.717, 1.165) is 31.0 Å². The minimum absolute atomic E-state index is 0.206. The van der Waals surface area contributed by atoms with Crippen molar-refractivity contribution in [2.75, 3.05) is 25.0 Å². The molecule has 0 bridgehead atoms. The quantitative estimate of drug-likeness (QED) is 0.540. The van der Waals surface area contributed by atoms with Gasteiger partial charge in [0.2, 0.25) is 10.0 Å². The maximum Gasteiger partial charge on any atom is 0.312 e. The van der Waals surface area contributed by atoms with E-state index in [9.17, 15) is 27.7 Å². The Bertz CT molecular complexity index is 1040. The van der Waals surface area contributed by atoms with Gasteiger partial charge < -0.3 is 10.1 Å². The Morgan fingerprint density at radius 1 is 1.21 bits per heavy atom. The zero-order valence-electron chi connectivity index (χ0n) is 15.2. The van der Waals surface area contributed by atoms with Crippen LogP contribution in [0.4, 0.5) is 15.8 Å². The van der Waals surface area contributed by atoms with Gasteiger partial charge in [-0.3, -0.25) is 14.9 Å². The summed E-state index contributed by atoms with van der Waals surface area (Å²) in [6.45, 7) is 0.166. The molecule has 11 heteroatoms. The molecule has 3 rings (SSSR count). The van der Waals surface area contributed by atoms with E-state index >= 15 is 0 Å². The van der Waals surface area contributed by atoms with Crippen LogP contribution in [0.3, 0.4) is 0 Å². The number of anilines is 1. The molecule has 0 aliphatic carbocycles. The van der Waals surface area contributed by atoms with Crippen LogP contribution in [0.15, 0.2) is 47.4 Å². The maximum absolute atomic E-state index is 13.1. The molecule has 0 aromatic heterocycles. The number of carbonyl (C=O) groups is 1. The summed E-state index contributed by atoms with van der Waals surface area (Å²) in [5.74, 6) is -1.43. The van der Waals surface area contributed by atoms with Crippen LogP contribution in [0.1, 0.15) is 12.8 Å². The Morgan fingerprint density at radius 3 is 2.59 bits per heavy atom. The Hall–Kier alpha value is -3.05. The van der Waals surface area contributed by atoms with Gasteiger partial charge in [0.25, 0.3) is 5.91 Å². The van der Waals surface area contributed by atoms with Crippen LogP contribution in [0.5, 0.6) is 5.75 Å². The van der Waals surface area contributed by atoms with E-state index in [2.05, 4.69) is 5.32 Å². The van der Waals surface area contributed by atoms with Crippen molar-refractivity contribution in [1.82, 2.24) is 4.31 Å². The molecule has 1 N–H and O–H groups in total. The highest BCUT2D eigenvalue weighted by atomic mass is 32.2. The molecule has 2 aromatic carbocycles. The number of rotatable bonds is 7. The van der Waals surface area contributed by atoms with Crippen molar-refractivity contribution in [3.05, 3.63) is 58.4 Å². The molecule has 1 amide bonds. The third-order valence-corrected chi connectivity index (χ3v) is 6.19. The number of hydrogen-bond donors (Lipinski definition) is 1. The third-order valence-electron chi connectivity index (χ3n) is 4.30. The molecule has 0 saturated carbocycles. The first kappa shape index (κ1) is 20.7. The largest absolute Gasteiger partial charge is 0.477 e. The van der Waals surface area contributed by atoms with Crippen LogP contribution in [-0.4, -0.2) is 43.2 Å². The Morgan fingerprint density at radius 2 is 1.93 bits per heavy atom. The molecule has 0 unspecified atom stereocenters. The smallest absolute Gasteiger partial charge is 0.312 e. The van der Waals surface area contributed by atoms with E-state index in [0.29, 0.717) is 13.1 Å². The number of nitrogens with zero attached hydrogens (tertiary/aromatic N) is 2. The van der Waals surface area contributed by atoms with Gasteiger partial charge in [0.05, 0.1) is 9.82 Å². The van der Waals surface area contributed by atoms with Gasteiger partial charge in [-0.2, -0.15) is 4.31 Å². The predicted octanol–water partition coefficient (Wildman–Crippen LogP) is 2.54. The lowest BCUT2D eigenvalue weighted by molar-refractivity contribution is -0.386. The van der Waals surface area contributed by atoms with E-state index in [1.807, 2.05) is 0 Å². The molecule has 1 aliphatic heterocycles. The first-order valence-corrected chi connectivity index (χ1v) is 10.2. The van der Waals surface area contributed by atoms with Crippen molar-refractivity contribution in [2.45, 2.75) is 17.7 Å². The van der Waals surface area contributed by atoms with Gasteiger partial charge in [0.1, 0.15) is 5.82 Å². The van der Waals surface area contributed by atoms with Crippen molar-refractivity contribution in [2.24, 2.45) is 0 Å². The molecular formula is C18H18FN3O6S. The molecule has 0 radical (unpaired) electrons. The molecule has 1 heterocycles. The average Bonchev–Trinajstić information content (AvgIpc) is 3.22. The van der Waals surface area contributed by atoms with E-state index in [1.165, 1.54) is 28.6 Å². The molecule has 1 aliphatic rings. The summed E-state index contributed by atoms with van der Waals surface area (Å²) in [6, 6.07) is 8.49. The van der Waals surface area contributed by atoms with E-state index in [-0.39, 0.29) is 16.3 Å². The molecule has 154 valence electrons. The number of ether oxygens (including phenoxy) is 1. The summed E-state index contributed by atoms with van der Waals surface area (Å²) in [5, 5.41) is 13.8. The number of nitro benzene ring substituents is 1. The number of halogens is 1. The predicted molar refractivity (Wildman–Crippen MR) is 102 cm³/mol. The van der Waals surface area contributed by atoms with Crippen molar-refractivity contribution in [3.8, 4) is 5.75 Å². The second-order valence-corrected chi connectivity index (χ2v) is 8.28. The van der Waals surface area contributed by atoms with Gasteiger partial charge in [0.15, 0.2) is 12.4 Å². The molecule has 9 nitrogen and oxygen atoms in total. The minimum Gasteiger partial charge on any atom is -0.477 e. The van der Waals surface area contributed by atoms with Crippen LogP contribution in [0, 0.1) is 15.9 Å². The summed E-state index contributed by atoms with van der Waals surface area (Å²) >= 11 is 0. The number of benzene rings is 2. The highest BCUT2D eigenvalue weighted by Gasteiger charge is 2.30. The molecule has 1 fully saturated rings. The van der Waals surface area contributed by atoms with Gasteiger partial charge in [-0.25, -0.2) is 12.8 Å². The van der Waals surface area contributed by atoms with Crippen LogP contribution in [0.2, 0.25) is 0 Å². The highest BCUT2D eigenvalue weighted by molar-refractivity contribution is 7.89. The van der Waals surface area contributed by atoms with Crippen molar-refractivity contribution < 1.29 is 27.3 Å². The van der Waals surface area contributed by atoms with Crippen LogP contribution in [-0.2, 0) is 14.8 Å². The second kappa shape index (κ2) is 8.53. The van der Waals surface area contributed by atoms with E-state index < -0.39 is 39.0 Å². The number of sulfonamides is 1. The van der Waals surface area contributed by atoms with Crippen molar-refractivity contribution >= 4 is 27.3 Å². The SMILES string of the molecule is O=C(COc1ccc(S(=O)(=O)N2CCCC2)cc1[N+](=O)[O-])Nc1cccc(F)c1. The van der Waals surface area contributed by atoms with Gasteiger partial charge in [-0.05, 0) is 43.2 Å². The van der Waals surface area contributed by atoms with Crippen LogP contribution >= 0.6 is 0 Å². The molecular weight excluding hydrogens is 405 g/mol. The van der Waals surface area contributed by atoms with E-state index in [1.54, 1.807) is 0 Å². The van der Waals surface area contributed by atoms with Crippen LogP contribution < -0.4 is 10.1 Å². The third kappa shape index (κ3) is 4.87. The lowest BCUT2D eigenvalue weighted by atomic mass is 10.3. The number of carbonyl (C=O) groups excluding carboxylic acids is 1. The fraction of sp³-hybridized carbons (Fsp3) is 0.278. The first-order chi connectivity index (χ1) is 13.8. The molecule has 2 aromatic rings. The summed E-state index contributed by atoms with van der Waals surface area (Å²) in [4.78, 5) is 22.3. The molecule has 29 heavy (non-hydrogen) atoms. The Labute approximate surface area is 166 Å². The number of nitro groups is 1.